The van der Waals surface area contributed by atoms with Gasteiger partial charge < -0.3 is 3.87 Å². The summed E-state index contributed by atoms with van der Waals surface area (Å²) in [6, 6.07) is -1.50. The summed E-state index contributed by atoms with van der Waals surface area (Å²) in [5.74, 6) is 0. The number of halogens is 6. The van der Waals surface area contributed by atoms with Crippen LogP contribution in [0.3, 0.4) is 0 Å². The van der Waals surface area contributed by atoms with Crippen LogP contribution in [0.4, 0.5) is 13.2 Å². The first-order valence-electron chi connectivity index (χ1n) is 11.9. The first-order valence-corrected chi connectivity index (χ1v) is 21.5. The molecule has 0 spiro atoms. The highest BCUT2D eigenvalue weighted by Gasteiger charge is 2.53. The molecule has 0 heterocycles. The predicted molar refractivity (Wildman–Crippen MR) is 142 cm³/mol. The lowest BCUT2D eigenvalue weighted by molar-refractivity contribution is -0.0505. The molecule has 0 amide bonds. The largest absolute Gasteiger partial charge is 0.522 e. The molecule has 0 rings (SSSR count). The molecular formula is C21H44Cl3F3O3SSi2. The second-order valence-corrected chi connectivity index (χ2v) is 25.4. The van der Waals surface area contributed by atoms with Crippen molar-refractivity contribution >= 4 is 57.7 Å². The van der Waals surface area contributed by atoms with Gasteiger partial charge in [0.15, 0.2) is 0 Å². The summed E-state index contributed by atoms with van der Waals surface area (Å²) < 4.78 is 63.2. The number of unbranched alkanes of at least 4 members (excludes halogenated alkanes) is 9. The first kappa shape index (κ1) is 36.2. The van der Waals surface area contributed by atoms with Crippen molar-refractivity contribution in [1.82, 2.24) is 0 Å². The Kier molecular flexibility index (Phi) is 18.3. The topological polar surface area (TPSA) is 43.4 Å². The second-order valence-electron chi connectivity index (χ2n) is 9.67. The molecule has 0 N–H and O–H groups in total. The molecule has 0 fully saturated rings. The summed E-state index contributed by atoms with van der Waals surface area (Å²) in [5.41, 5.74) is -5.35. The van der Waals surface area contributed by atoms with Crippen LogP contribution in [0.25, 0.3) is 0 Å². The Morgan fingerprint density at radius 3 is 1.48 bits per heavy atom. The number of alkyl halides is 3. The second kappa shape index (κ2) is 16.7. The van der Waals surface area contributed by atoms with E-state index in [4.69, 9.17) is 33.2 Å². The van der Waals surface area contributed by atoms with Crippen LogP contribution in [0, 0.1) is 0 Å². The highest BCUT2D eigenvalue weighted by atomic mass is 35.8. The molecule has 12 heteroatoms. The standard InChI is InChI=1S/C12H25Cl3Si.C9H19F3O3SSi/c1-2-3-4-5-6-7-8-9-10-11-12-16(13,14)15;1-6-7-8(2,3)17(4,5)15-16(13,14)9(10,11)12/h2-12H2,1H3;6-7H2,1-5H3. The average Bonchev–Trinajstić information content (AvgIpc) is 2.61. The molecule has 33 heavy (non-hydrogen) atoms. The molecule has 0 aliphatic heterocycles. The Balaban J connectivity index is 0. The van der Waals surface area contributed by atoms with Crippen molar-refractivity contribution in [2.75, 3.05) is 0 Å². The fourth-order valence-electron chi connectivity index (χ4n) is 3.17. The lowest BCUT2D eigenvalue weighted by Crippen LogP contribution is -2.46. The molecule has 0 aromatic heterocycles. The van der Waals surface area contributed by atoms with Crippen LogP contribution in [0.5, 0.6) is 0 Å². The third-order valence-corrected chi connectivity index (χ3v) is 15.2. The van der Waals surface area contributed by atoms with E-state index < -0.39 is 35.0 Å². The minimum Gasteiger partial charge on any atom is -0.308 e. The van der Waals surface area contributed by atoms with Gasteiger partial charge in [0, 0.05) is 0 Å². The van der Waals surface area contributed by atoms with Gasteiger partial charge in [-0.25, -0.2) is 0 Å². The van der Waals surface area contributed by atoms with E-state index in [1.165, 1.54) is 70.9 Å². The van der Waals surface area contributed by atoms with Gasteiger partial charge in [-0.2, -0.15) is 21.6 Å². The van der Waals surface area contributed by atoms with E-state index in [-0.39, 0.29) is 0 Å². The molecule has 0 radical (unpaired) electrons. The Morgan fingerprint density at radius 2 is 1.15 bits per heavy atom. The lowest BCUT2D eigenvalue weighted by Gasteiger charge is -2.38. The van der Waals surface area contributed by atoms with Gasteiger partial charge in [0.25, 0.3) is 0 Å². The van der Waals surface area contributed by atoms with Crippen molar-refractivity contribution in [2.24, 2.45) is 0 Å². The maximum atomic E-state index is 12.2. The SMILES string of the molecule is CCCC(C)(C)[Si](C)(C)OS(=O)(=O)C(F)(F)F.CCCCCCCCCCCC[Si](Cl)(Cl)Cl. The predicted octanol–water partition coefficient (Wildman–Crippen LogP) is 10.2. The van der Waals surface area contributed by atoms with Gasteiger partial charge in [0.05, 0.1) is 0 Å². The summed E-state index contributed by atoms with van der Waals surface area (Å²) in [6.07, 6.45) is 14.7. The highest BCUT2D eigenvalue weighted by molar-refractivity contribution is 7.88. The van der Waals surface area contributed by atoms with E-state index in [0.29, 0.717) is 6.42 Å². The highest BCUT2D eigenvalue weighted by Crippen LogP contribution is 2.44. The fourth-order valence-corrected chi connectivity index (χ4v) is 9.35. The zero-order valence-corrected chi connectivity index (χ0v) is 26.2. The molecule has 0 aliphatic rings. The van der Waals surface area contributed by atoms with Crippen LogP contribution in [-0.2, 0) is 14.0 Å². The van der Waals surface area contributed by atoms with E-state index in [1.54, 1.807) is 13.8 Å². The van der Waals surface area contributed by atoms with E-state index in [2.05, 4.69) is 10.8 Å². The maximum absolute atomic E-state index is 12.2. The Hall–Kier alpha value is 1.00. The van der Waals surface area contributed by atoms with E-state index in [1.807, 2.05) is 6.92 Å². The molecular weight excluding hydrogens is 552 g/mol. The first-order chi connectivity index (χ1) is 14.8. The van der Waals surface area contributed by atoms with Gasteiger partial charge in [0.2, 0.25) is 8.32 Å². The molecule has 0 atom stereocenters. The summed E-state index contributed by atoms with van der Waals surface area (Å²) in [5, 5.41) is -0.542. The minimum atomic E-state index is -5.50. The van der Waals surface area contributed by atoms with Crippen molar-refractivity contribution in [3.8, 4) is 0 Å². The van der Waals surface area contributed by atoms with Gasteiger partial charge >= 0.3 is 21.6 Å². The Morgan fingerprint density at radius 1 is 0.758 bits per heavy atom. The van der Waals surface area contributed by atoms with Crippen LogP contribution in [0.2, 0.25) is 24.2 Å². The van der Waals surface area contributed by atoms with Crippen molar-refractivity contribution in [3.63, 3.8) is 0 Å². The van der Waals surface area contributed by atoms with Crippen molar-refractivity contribution in [2.45, 2.75) is 134 Å². The number of hydrogen-bond acceptors (Lipinski definition) is 3. The van der Waals surface area contributed by atoms with E-state index >= 15 is 0 Å². The van der Waals surface area contributed by atoms with Crippen LogP contribution >= 0.6 is 33.2 Å². The van der Waals surface area contributed by atoms with Crippen molar-refractivity contribution in [1.29, 1.82) is 0 Å². The molecule has 0 saturated heterocycles. The molecule has 3 nitrogen and oxygen atoms in total. The quantitative estimate of drug-likeness (QED) is 0.0771. The number of hydrogen-bond donors (Lipinski definition) is 0. The van der Waals surface area contributed by atoms with Gasteiger partial charge in [-0.05, 0) is 30.6 Å². The Bertz CT molecular complexity index is 612. The molecule has 0 saturated carbocycles. The molecule has 202 valence electrons. The van der Waals surface area contributed by atoms with Crippen molar-refractivity contribution in [3.05, 3.63) is 0 Å². The lowest BCUT2D eigenvalue weighted by atomic mass is 10.1. The zero-order valence-electron chi connectivity index (χ0n) is 21.1. The summed E-state index contributed by atoms with van der Waals surface area (Å²) in [6.45, 7) is 10.6. The average molecular weight is 596 g/mol. The molecule has 0 aliphatic carbocycles. The normalized spacial score (nSPS) is 13.6. The summed E-state index contributed by atoms with van der Waals surface area (Å²) >= 11 is 17.4. The van der Waals surface area contributed by atoms with Gasteiger partial charge in [-0.1, -0.05) is 98.3 Å². The molecule has 0 bridgehead atoms. The maximum Gasteiger partial charge on any atom is 0.522 e. The van der Waals surface area contributed by atoms with E-state index in [9.17, 15) is 21.6 Å². The molecule has 0 aromatic rings. The van der Waals surface area contributed by atoms with E-state index in [0.717, 1.165) is 18.9 Å². The van der Waals surface area contributed by atoms with Gasteiger partial charge in [0.1, 0.15) is 0 Å². The molecule has 0 aromatic carbocycles. The van der Waals surface area contributed by atoms with Crippen LogP contribution in [0.1, 0.15) is 105 Å². The summed E-state index contributed by atoms with van der Waals surface area (Å²) in [7, 11) is -8.50. The summed E-state index contributed by atoms with van der Waals surface area (Å²) in [4.78, 5) is 0. The minimum absolute atomic E-state index is 0.542. The fraction of sp³-hybridized carbons (Fsp3) is 1.00. The smallest absolute Gasteiger partial charge is 0.308 e. The van der Waals surface area contributed by atoms with Gasteiger partial charge in [-0.3, -0.25) is 0 Å². The third kappa shape index (κ3) is 18.0. The van der Waals surface area contributed by atoms with Crippen LogP contribution in [-0.4, -0.2) is 28.2 Å². The van der Waals surface area contributed by atoms with Crippen LogP contribution < -0.4 is 0 Å². The van der Waals surface area contributed by atoms with Crippen LogP contribution in [0.15, 0.2) is 0 Å². The Labute approximate surface area is 216 Å². The van der Waals surface area contributed by atoms with Crippen molar-refractivity contribution < 1.29 is 25.5 Å². The number of rotatable bonds is 16. The zero-order chi connectivity index (χ0) is 26.4. The molecule has 0 unspecified atom stereocenters. The third-order valence-electron chi connectivity index (χ3n) is 5.92. The van der Waals surface area contributed by atoms with Gasteiger partial charge in [-0.15, -0.1) is 33.2 Å². The monoisotopic (exact) mass is 594 g/mol.